The number of methoxy groups -OCH3 is 1. The van der Waals surface area contributed by atoms with E-state index in [1.165, 1.54) is 18.0 Å². The normalized spacial score (nSPS) is 12.0. The minimum Gasteiger partial charge on any atom is -0.495 e. The van der Waals surface area contributed by atoms with Crippen molar-refractivity contribution in [3.63, 3.8) is 0 Å². The lowest BCUT2D eigenvalue weighted by atomic mass is 10.2. The third kappa shape index (κ3) is 3.46. The van der Waals surface area contributed by atoms with Gasteiger partial charge in [0.25, 0.3) is 11.5 Å². The van der Waals surface area contributed by atoms with Crippen LogP contribution >= 0.6 is 22.9 Å². The van der Waals surface area contributed by atoms with Crippen LogP contribution in [0.5, 0.6) is 5.75 Å². The van der Waals surface area contributed by atoms with E-state index in [-0.39, 0.29) is 10.3 Å². The lowest BCUT2D eigenvalue weighted by Crippen LogP contribution is -2.31. The summed E-state index contributed by atoms with van der Waals surface area (Å²) in [6.45, 7) is 3.21. The lowest BCUT2D eigenvalue weighted by molar-refractivity contribution is -0.118. The summed E-state index contributed by atoms with van der Waals surface area (Å²) in [5.74, 6) is -0.558. The molecule has 3 rings (SSSR count). The van der Waals surface area contributed by atoms with Gasteiger partial charge >= 0.3 is 0 Å². The number of carbonyl (C=O) groups is 2. The van der Waals surface area contributed by atoms with E-state index < -0.39 is 23.4 Å². The third-order valence-corrected chi connectivity index (χ3v) is 5.83. The zero-order chi connectivity index (χ0) is 20.6. The monoisotopic (exact) mass is 420 g/mol. The van der Waals surface area contributed by atoms with Crippen LogP contribution in [-0.4, -0.2) is 28.5 Å². The van der Waals surface area contributed by atoms with Gasteiger partial charge in [0.15, 0.2) is 0 Å². The van der Waals surface area contributed by atoms with Crippen molar-refractivity contribution in [1.82, 2.24) is 9.55 Å². The Morgan fingerprint density at radius 2 is 2.11 bits per heavy atom. The number of benzene rings is 1. The first-order valence-corrected chi connectivity index (χ1v) is 9.38. The smallest absolute Gasteiger partial charge is 0.263 e. The molecule has 1 unspecified atom stereocenters. The number of rotatable bonds is 5. The number of nitrogens with two attached hydrogens (primary N) is 1. The van der Waals surface area contributed by atoms with Gasteiger partial charge in [0.05, 0.1) is 28.7 Å². The largest absolute Gasteiger partial charge is 0.495 e. The van der Waals surface area contributed by atoms with E-state index in [9.17, 15) is 14.4 Å². The van der Waals surface area contributed by atoms with Crippen LogP contribution in [0.25, 0.3) is 10.2 Å². The summed E-state index contributed by atoms with van der Waals surface area (Å²) in [6, 6.07) is 3.98. The number of anilines is 1. The van der Waals surface area contributed by atoms with Crippen molar-refractivity contribution in [2.75, 3.05) is 12.4 Å². The molecular weight excluding hydrogens is 404 g/mol. The van der Waals surface area contributed by atoms with E-state index in [0.29, 0.717) is 26.9 Å². The number of nitrogens with one attached hydrogen (secondary N) is 1. The third-order valence-electron chi connectivity index (χ3n) is 4.32. The van der Waals surface area contributed by atoms with Gasteiger partial charge in [-0.05, 0) is 37.6 Å². The number of carbonyl (C=O) groups excluding carboxylic acids is 2. The average Bonchev–Trinajstić information content (AvgIpc) is 2.99. The summed E-state index contributed by atoms with van der Waals surface area (Å²) >= 11 is 7.12. The molecule has 2 heterocycles. The molecule has 0 aliphatic carbocycles. The Bertz CT molecular complexity index is 1150. The number of ether oxygens (including phenoxy) is 1. The van der Waals surface area contributed by atoms with Crippen molar-refractivity contribution < 1.29 is 14.3 Å². The number of thiophene rings is 1. The molecule has 10 heteroatoms. The lowest BCUT2D eigenvalue weighted by Gasteiger charge is -2.15. The van der Waals surface area contributed by atoms with Crippen molar-refractivity contribution in [3.05, 3.63) is 50.3 Å². The predicted molar refractivity (Wildman–Crippen MR) is 108 cm³/mol. The number of aryl methyl sites for hydroxylation is 1. The highest BCUT2D eigenvalue weighted by Crippen LogP contribution is 2.28. The number of fused-ring (bicyclic) bond motifs is 1. The molecule has 0 saturated carbocycles. The van der Waals surface area contributed by atoms with E-state index >= 15 is 0 Å². The molecule has 0 radical (unpaired) electrons. The van der Waals surface area contributed by atoms with Crippen molar-refractivity contribution in [2.45, 2.75) is 19.9 Å². The highest BCUT2D eigenvalue weighted by molar-refractivity contribution is 7.20. The van der Waals surface area contributed by atoms with Gasteiger partial charge in [-0.15, -0.1) is 11.3 Å². The van der Waals surface area contributed by atoms with Crippen molar-refractivity contribution in [2.24, 2.45) is 5.73 Å². The van der Waals surface area contributed by atoms with Crippen molar-refractivity contribution in [3.8, 4) is 5.75 Å². The number of primary amides is 1. The maximum absolute atomic E-state index is 12.9. The van der Waals surface area contributed by atoms with Crippen LogP contribution in [0.2, 0.25) is 5.02 Å². The van der Waals surface area contributed by atoms with E-state index in [2.05, 4.69) is 10.3 Å². The Morgan fingerprint density at radius 3 is 2.71 bits per heavy atom. The molecule has 0 spiro atoms. The number of hydrogen-bond donors (Lipinski definition) is 2. The fourth-order valence-corrected chi connectivity index (χ4v) is 4.01. The predicted octanol–water partition coefficient (Wildman–Crippen LogP) is 2.73. The molecule has 2 aromatic heterocycles. The van der Waals surface area contributed by atoms with Crippen LogP contribution < -0.4 is 21.3 Å². The number of hydrogen-bond acceptors (Lipinski definition) is 6. The molecule has 28 heavy (non-hydrogen) atoms. The molecule has 0 aliphatic heterocycles. The molecule has 0 bridgehead atoms. The SMILES string of the molecule is COc1ccc(NC(=O)C(C)n2cnc3sc(C(N)=O)c(C)c3c2=O)cc1Cl. The Morgan fingerprint density at radius 1 is 1.39 bits per heavy atom. The minimum absolute atomic E-state index is 0.280. The molecule has 8 nitrogen and oxygen atoms in total. The van der Waals surface area contributed by atoms with Crippen molar-refractivity contribution in [1.29, 1.82) is 0 Å². The first-order valence-electron chi connectivity index (χ1n) is 8.19. The number of aromatic nitrogens is 2. The topological polar surface area (TPSA) is 116 Å². The Labute approximate surface area is 168 Å². The van der Waals surface area contributed by atoms with Gasteiger partial charge in [-0.1, -0.05) is 11.6 Å². The van der Waals surface area contributed by atoms with Crippen LogP contribution in [0.1, 0.15) is 28.2 Å². The highest BCUT2D eigenvalue weighted by atomic mass is 35.5. The average molecular weight is 421 g/mol. The van der Waals surface area contributed by atoms with Gasteiger partial charge in [0, 0.05) is 5.69 Å². The van der Waals surface area contributed by atoms with Crippen molar-refractivity contribution >= 4 is 50.7 Å². The molecule has 1 atom stereocenters. The molecule has 3 N–H and O–H groups in total. The van der Waals surface area contributed by atoms with Gasteiger partial charge in [-0.2, -0.15) is 0 Å². The summed E-state index contributed by atoms with van der Waals surface area (Å²) in [6.07, 6.45) is 1.29. The van der Waals surface area contributed by atoms with E-state index in [1.807, 2.05) is 0 Å². The van der Waals surface area contributed by atoms with Crippen LogP contribution in [0, 0.1) is 6.92 Å². The first kappa shape index (κ1) is 19.8. The molecule has 1 aromatic carbocycles. The first-order chi connectivity index (χ1) is 13.2. The van der Waals surface area contributed by atoms with Crippen LogP contribution in [0.15, 0.2) is 29.3 Å². The second-order valence-corrected chi connectivity index (χ2v) is 7.48. The fourth-order valence-electron chi connectivity index (χ4n) is 2.77. The second kappa shape index (κ2) is 7.61. The fraction of sp³-hybridized carbons (Fsp3) is 0.222. The molecule has 0 saturated heterocycles. The molecule has 0 aliphatic rings. The van der Waals surface area contributed by atoms with Gasteiger partial charge in [0.2, 0.25) is 5.91 Å². The van der Waals surface area contributed by atoms with E-state index in [1.54, 1.807) is 32.0 Å². The Hall–Kier alpha value is -2.91. The Balaban J connectivity index is 1.93. The zero-order valence-electron chi connectivity index (χ0n) is 15.3. The second-order valence-electron chi connectivity index (χ2n) is 6.07. The number of amides is 2. The van der Waals surface area contributed by atoms with Crippen LogP contribution in [0.3, 0.4) is 0 Å². The maximum atomic E-state index is 12.9. The summed E-state index contributed by atoms with van der Waals surface area (Å²) < 4.78 is 6.29. The molecule has 0 fully saturated rings. The summed E-state index contributed by atoms with van der Waals surface area (Å²) in [4.78, 5) is 41.9. The van der Waals surface area contributed by atoms with Crippen LogP contribution in [-0.2, 0) is 4.79 Å². The van der Waals surface area contributed by atoms with Gasteiger partial charge in [0.1, 0.15) is 16.6 Å². The maximum Gasteiger partial charge on any atom is 0.263 e. The molecule has 3 aromatic rings. The standard InChI is InChI=1S/C18H17ClN4O4S/c1-8-13-17(28-14(8)15(20)24)21-7-23(18(13)26)9(2)16(25)22-10-4-5-12(27-3)11(19)6-10/h4-7,9H,1-3H3,(H2,20,24)(H,22,25). The Kier molecular flexibility index (Phi) is 5.39. The van der Waals surface area contributed by atoms with Gasteiger partial charge in [-0.3, -0.25) is 19.0 Å². The summed E-state index contributed by atoms with van der Waals surface area (Å²) in [7, 11) is 1.49. The highest BCUT2D eigenvalue weighted by Gasteiger charge is 2.22. The molecule has 2 amide bonds. The zero-order valence-corrected chi connectivity index (χ0v) is 16.9. The van der Waals surface area contributed by atoms with Crippen LogP contribution in [0.4, 0.5) is 5.69 Å². The minimum atomic E-state index is -0.846. The van der Waals surface area contributed by atoms with E-state index in [4.69, 9.17) is 22.1 Å². The number of halogens is 1. The van der Waals surface area contributed by atoms with Gasteiger partial charge in [-0.25, -0.2) is 4.98 Å². The summed E-state index contributed by atoms with van der Waals surface area (Å²) in [5.41, 5.74) is 5.86. The van der Waals surface area contributed by atoms with E-state index in [0.717, 1.165) is 11.3 Å². The molecule has 146 valence electrons. The van der Waals surface area contributed by atoms with Gasteiger partial charge < -0.3 is 15.8 Å². The quantitative estimate of drug-likeness (QED) is 0.658. The number of nitrogens with zero attached hydrogens (tertiary/aromatic N) is 2. The molecular formula is C18H17ClN4O4S. The summed E-state index contributed by atoms with van der Waals surface area (Å²) in [5, 5.41) is 3.34.